The van der Waals surface area contributed by atoms with Crippen molar-refractivity contribution in [3.8, 4) is 0 Å². The molecule has 0 radical (unpaired) electrons. The molecule has 6 heteroatoms. The summed E-state index contributed by atoms with van der Waals surface area (Å²) in [4.78, 5) is 20.6. The summed E-state index contributed by atoms with van der Waals surface area (Å²) in [7, 11) is 1.74. The van der Waals surface area contributed by atoms with E-state index in [1.165, 1.54) is 11.3 Å². The Morgan fingerprint density at radius 3 is 2.54 bits per heavy atom. The summed E-state index contributed by atoms with van der Waals surface area (Å²) >= 11 is 1.50. The zero-order chi connectivity index (χ0) is 16.9. The topological polar surface area (TPSA) is 56.7 Å². The van der Waals surface area contributed by atoms with Gasteiger partial charge in [-0.05, 0) is 24.3 Å². The largest absolute Gasteiger partial charge is 0.395 e. The highest BCUT2D eigenvalue weighted by atomic mass is 32.1. The van der Waals surface area contributed by atoms with Crippen LogP contribution >= 0.6 is 11.3 Å². The van der Waals surface area contributed by atoms with Gasteiger partial charge in [-0.2, -0.15) is 0 Å². The third kappa shape index (κ3) is 3.55. The second-order valence-electron chi connectivity index (χ2n) is 5.40. The maximum atomic E-state index is 12.6. The molecule has 0 fully saturated rings. The van der Waals surface area contributed by atoms with Crippen molar-refractivity contribution in [2.45, 2.75) is 0 Å². The summed E-state index contributed by atoms with van der Waals surface area (Å²) in [5, 5.41) is 9.96. The van der Waals surface area contributed by atoms with Crippen molar-refractivity contribution in [3.63, 3.8) is 0 Å². The number of carbonyl (C=O) groups excluding carboxylic acids is 1. The average molecular weight is 341 g/mol. The lowest BCUT2D eigenvalue weighted by atomic mass is 10.3. The predicted molar refractivity (Wildman–Crippen MR) is 98.8 cm³/mol. The number of hydrogen-bond acceptors (Lipinski definition) is 5. The minimum atomic E-state index is -0.0636. The molecule has 1 aromatic heterocycles. The molecule has 0 saturated carbocycles. The molecule has 0 aliphatic rings. The molecule has 2 aromatic carbocycles. The number of aliphatic hydroxyl groups excluding tert-OH is 1. The molecule has 0 bridgehead atoms. The van der Waals surface area contributed by atoms with E-state index < -0.39 is 0 Å². The Labute approximate surface area is 144 Å². The Morgan fingerprint density at radius 1 is 1.12 bits per heavy atom. The van der Waals surface area contributed by atoms with Crippen LogP contribution in [0.3, 0.4) is 0 Å². The molecule has 1 N–H and O–H groups in total. The Morgan fingerprint density at radius 2 is 1.83 bits per heavy atom. The standard InChI is InChI=1S/C18H19N3O2S/c1-20(18-19-15-9-5-6-10-16(15)24-18)17(23)13-21(11-12-22)14-7-3-2-4-8-14/h2-10,22H,11-13H2,1H3. The van der Waals surface area contributed by atoms with Crippen molar-refractivity contribution < 1.29 is 9.90 Å². The van der Waals surface area contributed by atoms with Crippen LogP contribution < -0.4 is 9.80 Å². The maximum absolute atomic E-state index is 12.6. The number of nitrogens with zero attached hydrogens (tertiary/aromatic N) is 3. The van der Waals surface area contributed by atoms with Crippen molar-refractivity contribution in [3.05, 3.63) is 54.6 Å². The summed E-state index contributed by atoms with van der Waals surface area (Å²) in [5.41, 5.74) is 1.81. The van der Waals surface area contributed by atoms with Crippen molar-refractivity contribution in [1.29, 1.82) is 0 Å². The zero-order valence-electron chi connectivity index (χ0n) is 13.4. The fourth-order valence-electron chi connectivity index (χ4n) is 2.44. The van der Waals surface area contributed by atoms with Crippen molar-refractivity contribution in [2.75, 3.05) is 36.5 Å². The lowest BCUT2D eigenvalue weighted by Crippen LogP contribution is -2.39. The van der Waals surface area contributed by atoms with Gasteiger partial charge >= 0.3 is 0 Å². The van der Waals surface area contributed by atoms with Crippen molar-refractivity contribution >= 4 is 38.3 Å². The number of likely N-dealkylation sites (N-methyl/N-ethyl adjacent to an activating group) is 1. The summed E-state index contributed by atoms with van der Waals surface area (Å²) in [6, 6.07) is 17.5. The molecule has 3 aromatic rings. The first kappa shape index (κ1) is 16.4. The lowest BCUT2D eigenvalue weighted by Gasteiger charge is -2.25. The number of benzene rings is 2. The number of aliphatic hydroxyl groups is 1. The van der Waals surface area contributed by atoms with Gasteiger partial charge in [0.15, 0.2) is 5.13 Å². The van der Waals surface area contributed by atoms with Gasteiger partial charge in [0.2, 0.25) is 5.91 Å². The number of hydrogen-bond donors (Lipinski definition) is 1. The summed E-state index contributed by atoms with van der Waals surface area (Å²) in [6.45, 7) is 0.591. The van der Waals surface area contributed by atoms with Gasteiger partial charge in [-0.3, -0.25) is 9.69 Å². The molecule has 1 heterocycles. The summed E-state index contributed by atoms with van der Waals surface area (Å²) in [6.07, 6.45) is 0. The van der Waals surface area contributed by atoms with Crippen LogP contribution in [0.1, 0.15) is 0 Å². The number of aromatic nitrogens is 1. The molecule has 0 aliphatic carbocycles. The van der Waals surface area contributed by atoms with Gasteiger partial charge < -0.3 is 10.0 Å². The minimum absolute atomic E-state index is 0.00692. The molecular weight excluding hydrogens is 322 g/mol. The van der Waals surface area contributed by atoms with E-state index in [4.69, 9.17) is 0 Å². The third-order valence-corrected chi connectivity index (χ3v) is 4.87. The highest BCUT2D eigenvalue weighted by Gasteiger charge is 2.18. The van der Waals surface area contributed by atoms with Gasteiger partial charge in [0.05, 0.1) is 23.4 Å². The first-order valence-electron chi connectivity index (χ1n) is 7.72. The first-order chi connectivity index (χ1) is 11.7. The fourth-order valence-corrected chi connectivity index (χ4v) is 3.38. The average Bonchev–Trinajstić information content (AvgIpc) is 3.05. The third-order valence-electron chi connectivity index (χ3n) is 3.76. The highest BCUT2D eigenvalue weighted by Crippen LogP contribution is 2.28. The molecule has 0 spiro atoms. The summed E-state index contributed by atoms with van der Waals surface area (Å²) in [5.74, 6) is -0.0636. The van der Waals surface area contributed by atoms with E-state index in [1.54, 1.807) is 11.9 Å². The second kappa shape index (κ2) is 7.42. The molecule has 0 aliphatic heterocycles. The monoisotopic (exact) mass is 341 g/mol. The normalized spacial score (nSPS) is 10.8. The number of anilines is 2. The quantitative estimate of drug-likeness (QED) is 0.749. The van der Waals surface area contributed by atoms with Crippen LogP contribution in [0, 0.1) is 0 Å². The molecular formula is C18H19N3O2S. The van der Waals surface area contributed by atoms with E-state index in [9.17, 15) is 9.90 Å². The van der Waals surface area contributed by atoms with Gasteiger partial charge in [0.25, 0.3) is 0 Å². The number of para-hydroxylation sites is 2. The molecule has 3 rings (SSSR count). The SMILES string of the molecule is CN(C(=O)CN(CCO)c1ccccc1)c1nc2ccccc2s1. The van der Waals surface area contributed by atoms with Gasteiger partial charge in [-0.25, -0.2) is 4.98 Å². The first-order valence-corrected chi connectivity index (χ1v) is 8.53. The Kier molecular flexibility index (Phi) is 5.08. The van der Waals surface area contributed by atoms with E-state index in [1.807, 2.05) is 59.5 Å². The Hall–Kier alpha value is -2.44. The molecule has 0 unspecified atom stereocenters. The Bertz CT molecular complexity index is 786. The zero-order valence-corrected chi connectivity index (χ0v) is 14.2. The van der Waals surface area contributed by atoms with E-state index >= 15 is 0 Å². The Balaban J connectivity index is 1.76. The van der Waals surface area contributed by atoms with E-state index in [0.717, 1.165) is 15.9 Å². The molecule has 0 saturated heterocycles. The van der Waals surface area contributed by atoms with Crippen LogP contribution in [0.2, 0.25) is 0 Å². The van der Waals surface area contributed by atoms with E-state index in [2.05, 4.69) is 4.98 Å². The van der Waals surface area contributed by atoms with Gasteiger partial charge in [0.1, 0.15) is 0 Å². The van der Waals surface area contributed by atoms with Crippen LogP contribution in [0.15, 0.2) is 54.6 Å². The predicted octanol–water partition coefficient (Wildman–Crippen LogP) is 2.76. The van der Waals surface area contributed by atoms with Crippen LogP contribution in [0.4, 0.5) is 10.8 Å². The number of thiazole rings is 1. The molecule has 124 valence electrons. The number of fused-ring (bicyclic) bond motifs is 1. The minimum Gasteiger partial charge on any atom is -0.395 e. The van der Waals surface area contributed by atoms with Crippen molar-refractivity contribution in [2.24, 2.45) is 0 Å². The number of carbonyl (C=O) groups is 1. The smallest absolute Gasteiger partial charge is 0.248 e. The second-order valence-corrected chi connectivity index (χ2v) is 6.41. The van der Waals surface area contributed by atoms with E-state index in [-0.39, 0.29) is 19.1 Å². The molecule has 1 amide bonds. The molecule has 0 atom stereocenters. The molecule has 24 heavy (non-hydrogen) atoms. The fraction of sp³-hybridized carbons (Fsp3) is 0.222. The molecule has 5 nitrogen and oxygen atoms in total. The van der Waals surface area contributed by atoms with Gasteiger partial charge in [-0.15, -0.1) is 0 Å². The van der Waals surface area contributed by atoms with Crippen LogP contribution in [0.25, 0.3) is 10.2 Å². The number of rotatable bonds is 6. The van der Waals surface area contributed by atoms with E-state index in [0.29, 0.717) is 11.7 Å². The van der Waals surface area contributed by atoms with Gasteiger partial charge in [-0.1, -0.05) is 41.7 Å². The van der Waals surface area contributed by atoms with Crippen LogP contribution in [-0.2, 0) is 4.79 Å². The number of amides is 1. The van der Waals surface area contributed by atoms with Crippen molar-refractivity contribution in [1.82, 2.24) is 4.98 Å². The van der Waals surface area contributed by atoms with Crippen LogP contribution in [-0.4, -0.2) is 42.7 Å². The lowest BCUT2D eigenvalue weighted by molar-refractivity contribution is -0.117. The summed E-state index contributed by atoms with van der Waals surface area (Å²) < 4.78 is 1.06. The van der Waals surface area contributed by atoms with Gasteiger partial charge in [0, 0.05) is 19.3 Å². The van der Waals surface area contributed by atoms with Crippen LogP contribution in [0.5, 0.6) is 0 Å². The maximum Gasteiger partial charge on any atom is 0.248 e. The highest BCUT2D eigenvalue weighted by molar-refractivity contribution is 7.22.